The minimum Gasteiger partial charge on any atom is -0.284 e. The van der Waals surface area contributed by atoms with Crippen molar-refractivity contribution in [2.24, 2.45) is 0 Å². The molecule has 0 spiro atoms. The SMILES string of the molecule is Cc1cnc(C2(C)CCN(S(=O)(=O)c3cn[nH]c3)CC2)s1. The molecule has 0 amide bonds. The van der Waals surface area contributed by atoms with Crippen LogP contribution < -0.4 is 0 Å². The lowest BCUT2D eigenvalue weighted by molar-refractivity contribution is 0.248. The van der Waals surface area contributed by atoms with Gasteiger partial charge in [0.05, 0.1) is 11.2 Å². The van der Waals surface area contributed by atoms with Crippen LogP contribution in [0.4, 0.5) is 0 Å². The topological polar surface area (TPSA) is 79.0 Å². The molecule has 6 nitrogen and oxygen atoms in total. The summed E-state index contributed by atoms with van der Waals surface area (Å²) in [4.78, 5) is 5.91. The zero-order valence-electron chi connectivity index (χ0n) is 12.0. The van der Waals surface area contributed by atoms with Crippen LogP contribution in [0.1, 0.15) is 29.7 Å². The van der Waals surface area contributed by atoms with Crippen molar-refractivity contribution in [3.05, 3.63) is 28.5 Å². The molecule has 0 atom stereocenters. The molecule has 2 aromatic rings. The minimum atomic E-state index is -3.42. The fraction of sp³-hybridized carbons (Fsp3) is 0.538. The molecule has 0 radical (unpaired) electrons. The van der Waals surface area contributed by atoms with Gasteiger partial charge in [0, 0.05) is 35.8 Å². The van der Waals surface area contributed by atoms with E-state index in [9.17, 15) is 8.42 Å². The standard InChI is InChI=1S/C13H18N4O2S2/c1-10-7-14-12(20-10)13(2)3-5-17(6-4-13)21(18,19)11-8-15-16-9-11/h7-9H,3-6H2,1-2H3,(H,15,16). The molecule has 0 saturated carbocycles. The smallest absolute Gasteiger partial charge is 0.246 e. The van der Waals surface area contributed by atoms with Crippen LogP contribution in [0.25, 0.3) is 0 Å². The van der Waals surface area contributed by atoms with E-state index < -0.39 is 10.0 Å². The van der Waals surface area contributed by atoms with E-state index in [-0.39, 0.29) is 10.3 Å². The molecule has 3 heterocycles. The summed E-state index contributed by atoms with van der Waals surface area (Å²) in [6.07, 6.45) is 6.24. The molecule has 1 saturated heterocycles. The molecule has 1 aliphatic rings. The summed E-state index contributed by atoms with van der Waals surface area (Å²) in [5, 5.41) is 7.39. The first-order valence-corrected chi connectivity index (χ1v) is 9.09. The maximum absolute atomic E-state index is 12.5. The molecule has 0 aromatic carbocycles. The molecule has 1 aliphatic heterocycles. The maximum Gasteiger partial charge on any atom is 0.246 e. The van der Waals surface area contributed by atoms with Gasteiger partial charge in [0.1, 0.15) is 4.90 Å². The van der Waals surface area contributed by atoms with Crippen LogP contribution in [0.15, 0.2) is 23.5 Å². The maximum atomic E-state index is 12.5. The molecule has 2 aromatic heterocycles. The van der Waals surface area contributed by atoms with Crippen molar-refractivity contribution in [1.82, 2.24) is 19.5 Å². The molecular weight excluding hydrogens is 308 g/mol. The number of H-pyrrole nitrogens is 1. The number of thiazole rings is 1. The summed E-state index contributed by atoms with van der Waals surface area (Å²) in [5.41, 5.74) is -0.0264. The van der Waals surface area contributed by atoms with Gasteiger partial charge in [0.2, 0.25) is 10.0 Å². The number of aryl methyl sites for hydroxylation is 1. The van der Waals surface area contributed by atoms with Gasteiger partial charge < -0.3 is 0 Å². The summed E-state index contributed by atoms with van der Waals surface area (Å²) < 4.78 is 26.4. The number of piperidine rings is 1. The first kappa shape index (κ1) is 14.7. The van der Waals surface area contributed by atoms with Crippen LogP contribution in [0.2, 0.25) is 0 Å². The number of hydrogen-bond acceptors (Lipinski definition) is 5. The van der Waals surface area contributed by atoms with Crippen molar-refractivity contribution < 1.29 is 8.42 Å². The highest BCUT2D eigenvalue weighted by Crippen LogP contribution is 2.38. The molecule has 3 rings (SSSR count). The van der Waals surface area contributed by atoms with Crippen molar-refractivity contribution in [2.75, 3.05) is 13.1 Å². The molecule has 0 bridgehead atoms. The molecule has 0 unspecified atom stereocenters. The van der Waals surface area contributed by atoms with Crippen molar-refractivity contribution in [1.29, 1.82) is 0 Å². The first-order valence-electron chi connectivity index (χ1n) is 6.84. The van der Waals surface area contributed by atoms with Crippen LogP contribution in [-0.4, -0.2) is 41.0 Å². The number of rotatable bonds is 3. The lowest BCUT2D eigenvalue weighted by Gasteiger charge is -2.37. The predicted octanol–water partition coefficient (Wildman–Crippen LogP) is 1.92. The average Bonchev–Trinajstić information content (AvgIpc) is 3.10. The molecule has 8 heteroatoms. The number of sulfonamides is 1. The van der Waals surface area contributed by atoms with Gasteiger partial charge in [0.25, 0.3) is 0 Å². The van der Waals surface area contributed by atoms with E-state index >= 15 is 0 Å². The van der Waals surface area contributed by atoms with Gasteiger partial charge in [-0.3, -0.25) is 5.10 Å². The zero-order valence-corrected chi connectivity index (χ0v) is 13.7. The first-order chi connectivity index (χ1) is 9.92. The third-order valence-corrected chi connectivity index (χ3v) is 7.16. The normalized spacial score (nSPS) is 19.7. The number of hydrogen-bond donors (Lipinski definition) is 1. The summed E-state index contributed by atoms with van der Waals surface area (Å²) in [6, 6.07) is 0. The summed E-state index contributed by atoms with van der Waals surface area (Å²) in [7, 11) is -3.42. The largest absolute Gasteiger partial charge is 0.284 e. The Hall–Kier alpha value is -1.25. The summed E-state index contributed by atoms with van der Waals surface area (Å²) in [6.45, 7) is 5.25. The highest BCUT2D eigenvalue weighted by molar-refractivity contribution is 7.89. The fourth-order valence-corrected chi connectivity index (χ4v) is 4.91. The van der Waals surface area contributed by atoms with Crippen molar-refractivity contribution >= 4 is 21.4 Å². The second kappa shape index (κ2) is 5.19. The Balaban J connectivity index is 1.76. The Labute approximate surface area is 128 Å². The molecule has 21 heavy (non-hydrogen) atoms. The Kier molecular flexibility index (Phi) is 3.62. The van der Waals surface area contributed by atoms with Crippen LogP contribution in [0.5, 0.6) is 0 Å². The molecule has 1 N–H and O–H groups in total. The third kappa shape index (κ3) is 2.63. The zero-order chi connectivity index (χ0) is 15.1. The van der Waals surface area contributed by atoms with E-state index in [1.807, 2.05) is 13.1 Å². The van der Waals surface area contributed by atoms with Crippen molar-refractivity contribution in [2.45, 2.75) is 37.0 Å². The van der Waals surface area contributed by atoms with Crippen LogP contribution in [0, 0.1) is 6.92 Å². The number of nitrogens with zero attached hydrogens (tertiary/aromatic N) is 3. The molecule has 0 aliphatic carbocycles. The fourth-order valence-electron chi connectivity index (χ4n) is 2.60. The Morgan fingerprint density at radius 1 is 1.33 bits per heavy atom. The molecule has 114 valence electrons. The summed E-state index contributed by atoms with van der Waals surface area (Å²) >= 11 is 1.71. The minimum absolute atomic E-state index is 0.0264. The number of nitrogens with one attached hydrogen (secondary N) is 1. The van der Waals surface area contributed by atoms with Gasteiger partial charge in [-0.05, 0) is 19.8 Å². The lowest BCUT2D eigenvalue weighted by Crippen LogP contribution is -2.43. The van der Waals surface area contributed by atoms with Gasteiger partial charge in [-0.1, -0.05) is 6.92 Å². The highest BCUT2D eigenvalue weighted by Gasteiger charge is 2.38. The Morgan fingerprint density at radius 2 is 2.05 bits per heavy atom. The van der Waals surface area contributed by atoms with Gasteiger partial charge in [-0.25, -0.2) is 13.4 Å². The average molecular weight is 326 g/mol. The monoisotopic (exact) mass is 326 g/mol. The van der Waals surface area contributed by atoms with E-state index in [4.69, 9.17) is 0 Å². The van der Waals surface area contributed by atoms with Gasteiger partial charge in [-0.2, -0.15) is 9.40 Å². The molecular formula is C13H18N4O2S2. The van der Waals surface area contributed by atoms with Gasteiger partial charge in [0.15, 0.2) is 0 Å². The van der Waals surface area contributed by atoms with E-state index in [1.165, 1.54) is 17.3 Å². The van der Waals surface area contributed by atoms with E-state index in [0.29, 0.717) is 13.1 Å². The highest BCUT2D eigenvalue weighted by atomic mass is 32.2. The van der Waals surface area contributed by atoms with Crippen LogP contribution in [0.3, 0.4) is 0 Å². The second-order valence-electron chi connectivity index (χ2n) is 5.67. The second-order valence-corrected chi connectivity index (χ2v) is 8.85. The number of aromatic amines is 1. The van der Waals surface area contributed by atoms with E-state index in [0.717, 1.165) is 17.8 Å². The summed E-state index contributed by atoms with van der Waals surface area (Å²) in [5.74, 6) is 0. The van der Waals surface area contributed by atoms with Crippen molar-refractivity contribution in [3.63, 3.8) is 0 Å². The number of aromatic nitrogens is 3. The predicted molar refractivity (Wildman–Crippen MR) is 80.8 cm³/mol. The van der Waals surface area contributed by atoms with Gasteiger partial charge >= 0.3 is 0 Å². The quantitative estimate of drug-likeness (QED) is 0.934. The van der Waals surface area contributed by atoms with E-state index in [2.05, 4.69) is 22.1 Å². The Bertz CT molecular complexity index is 713. The lowest BCUT2D eigenvalue weighted by atomic mass is 9.82. The Morgan fingerprint density at radius 3 is 2.57 bits per heavy atom. The third-order valence-electron chi connectivity index (χ3n) is 4.07. The van der Waals surface area contributed by atoms with Gasteiger partial charge in [-0.15, -0.1) is 11.3 Å². The van der Waals surface area contributed by atoms with E-state index in [1.54, 1.807) is 15.6 Å². The van der Waals surface area contributed by atoms with Crippen LogP contribution in [-0.2, 0) is 15.4 Å². The molecule has 1 fully saturated rings. The van der Waals surface area contributed by atoms with Crippen molar-refractivity contribution in [3.8, 4) is 0 Å². The van der Waals surface area contributed by atoms with Crippen LogP contribution >= 0.6 is 11.3 Å².